The number of amides is 1. The molecule has 4 aromatic rings. The first-order chi connectivity index (χ1) is 17.3. The Morgan fingerprint density at radius 1 is 0.973 bits per heavy atom. The number of carboxylic acid groups (broad SMARTS) is 1. The number of carbonyl (C=O) groups is 1. The summed E-state index contributed by atoms with van der Waals surface area (Å²) in [5, 5.41) is 9.66. The molecule has 2 aromatic carbocycles. The van der Waals surface area contributed by atoms with Crippen LogP contribution < -0.4 is 0 Å². The largest absolute Gasteiger partial charge is 0.464 e. The maximum Gasteiger partial charge on any atom is 0.421 e. The lowest BCUT2D eigenvalue weighted by Gasteiger charge is -2.21. The van der Waals surface area contributed by atoms with Gasteiger partial charge in [0.25, 0.3) is 10.0 Å². The molecule has 0 saturated heterocycles. The fourth-order valence-corrected chi connectivity index (χ4v) is 5.61. The number of aryl methyl sites for hydroxylation is 3. The lowest BCUT2D eigenvalue weighted by Crippen LogP contribution is -2.37. The van der Waals surface area contributed by atoms with E-state index >= 15 is 0 Å². The number of nitrogens with zero attached hydrogens (tertiary/aromatic N) is 4. The van der Waals surface area contributed by atoms with E-state index in [9.17, 15) is 18.3 Å². The Kier molecular flexibility index (Phi) is 6.85. The van der Waals surface area contributed by atoms with Gasteiger partial charge in [-0.15, -0.1) is 0 Å². The number of rotatable bonds is 6. The number of aromatic nitrogens is 3. The molecule has 1 N–H and O–H groups in total. The molecule has 1 amide bonds. The summed E-state index contributed by atoms with van der Waals surface area (Å²) in [7, 11) is -4.17. The van der Waals surface area contributed by atoms with Gasteiger partial charge in [0.05, 0.1) is 16.1 Å². The van der Waals surface area contributed by atoms with Crippen molar-refractivity contribution < 1.29 is 18.3 Å². The average Bonchev–Trinajstić information content (AvgIpc) is 3.20. The molecule has 0 atom stereocenters. The van der Waals surface area contributed by atoms with E-state index in [1.807, 2.05) is 51.1 Å². The van der Waals surface area contributed by atoms with Gasteiger partial charge in [-0.3, -0.25) is 9.55 Å². The van der Waals surface area contributed by atoms with Crippen LogP contribution in [0.4, 0.5) is 4.79 Å². The summed E-state index contributed by atoms with van der Waals surface area (Å²) in [6.45, 7) is 11.9. The second-order valence-electron chi connectivity index (χ2n) is 10.3. The van der Waals surface area contributed by atoms with Gasteiger partial charge in [-0.25, -0.2) is 22.5 Å². The molecule has 9 heteroatoms. The Morgan fingerprint density at radius 3 is 2.16 bits per heavy atom. The zero-order valence-electron chi connectivity index (χ0n) is 22.0. The molecule has 0 aliphatic rings. The normalized spacial score (nSPS) is 12.2. The lowest BCUT2D eigenvalue weighted by atomic mass is 9.95. The van der Waals surface area contributed by atoms with Crippen molar-refractivity contribution in [3.8, 4) is 5.69 Å². The minimum Gasteiger partial charge on any atom is -0.464 e. The molecule has 2 aromatic heterocycles. The van der Waals surface area contributed by atoms with Gasteiger partial charge in [-0.05, 0) is 63.1 Å². The van der Waals surface area contributed by atoms with Crippen LogP contribution in [0.3, 0.4) is 0 Å². The van der Waals surface area contributed by atoms with E-state index in [0.717, 1.165) is 45.1 Å². The lowest BCUT2D eigenvalue weighted by molar-refractivity contribution is 0.172. The Bertz CT molecular complexity index is 1570. The third kappa shape index (κ3) is 5.22. The molecule has 0 spiro atoms. The minimum absolute atomic E-state index is 0.0439. The first-order valence-corrected chi connectivity index (χ1v) is 13.5. The first-order valence-electron chi connectivity index (χ1n) is 12.1. The Hall–Kier alpha value is -3.72. The highest BCUT2D eigenvalue weighted by molar-refractivity contribution is 7.89. The summed E-state index contributed by atoms with van der Waals surface area (Å²) in [6, 6.07) is 15.9. The van der Waals surface area contributed by atoms with Gasteiger partial charge in [0.1, 0.15) is 11.3 Å². The molecule has 37 heavy (non-hydrogen) atoms. The van der Waals surface area contributed by atoms with Crippen LogP contribution in [-0.2, 0) is 21.9 Å². The molecule has 0 fully saturated rings. The van der Waals surface area contributed by atoms with Crippen LogP contribution in [0.2, 0.25) is 0 Å². The van der Waals surface area contributed by atoms with Crippen LogP contribution in [0, 0.1) is 20.8 Å². The fraction of sp³-hybridized carbons (Fsp3) is 0.321. The van der Waals surface area contributed by atoms with Gasteiger partial charge >= 0.3 is 6.09 Å². The quantitative estimate of drug-likeness (QED) is 0.357. The number of fused-ring (bicyclic) bond motifs is 1. The maximum absolute atomic E-state index is 13.0. The van der Waals surface area contributed by atoms with Crippen LogP contribution in [0.5, 0.6) is 0 Å². The third-order valence-electron chi connectivity index (χ3n) is 6.24. The van der Waals surface area contributed by atoms with Crippen LogP contribution in [0.15, 0.2) is 59.5 Å². The molecule has 0 unspecified atom stereocenters. The molecular weight excluding hydrogens is 488 g/mol. The summed E-state index contributed by atoms with van der Waals surface area (Å²) in [6.07, 6.45) is -1.26. The van der Waals surface area contributed by atoms with Crippen molar-refractivity contribution in [2.45, 2.75) is 58.3 Å². The second kappa shape index (κ2) is 9.63. The summed E-state index contributed by atoms with van der Waals surface area (Å²) in [5.74, 6) is 0.909. The topological polar surface area (TPSA) is 105 Å². The monoisotopic (exact) mass is 520 g/mol. The highest BCUT2D eigenvalue weighted by Crippen LogP contribution is 2.31. The number of hydrogen-bond acceptors (Lipinski definition) is 5. The maximum atomic E-state index is 13.0. The molecule has 0 aliphatic heterocycles. The molecule has 2 heterocycles. The van der Waals surface area contributed by atoms with Gasteiger partial charge in [0, 0.05) is 23.3 Å². The zero-order chi connectivity index (χ0) is 27.1. The standard InChI is InChI=1S/C28H32N4O4S/c1-18-7-13-23(14-8-18)37(35,36)31(27(33)34)16-15-21-9-11-22(12-10-21)32-24-17-19(2)29-20(3)25(24)30-26(32)28(4,5)6/h7-14,17H,15-16H2,1-6H3,(H,33,34). The molecule has 194 valence electrons. The van der Waals surface area contributed by atoms with Crippen molar-refractivity contribution in [3.63, 3.8) is 0 Å². The second-order valence-corrected chi connectivity index (χ2v) is 12.2. The van der Waals surface area contributed by atoms with Crippen molar-refractivity contribution in [2.75, 3.05) is 6.54 Å². The van der Waals surface area contributed by atoms with E-state index in [-0.39, 0.29) is 23.3 Å². The van der Waals surface area contributed by atoms with Gasteiger partial charge in [0.15, 0.2) is 0 Å². The van der Waals surface area contributed by atoms with E-state index in [1.54, 1.807) is 12.1 Å². The Balaban J connectivity index is 1.64. The molecule has 0 radical (unpaired) electrons. The predicted molar refractivity (Wildman–Crippen MR) is 144 cm³/mol. The number of imidazole rings is 1. The predicted octanol–water partition coefficient (Wildman–Crippen LogP) is 5.55. The van der Waals surface area contributed by atoms with Crippen molar-refractivity contribution in [1.29, 1.82) is 0 Å². The van der Waals surface area contributed by atoms with Crippen LogP contribution >= 0.6 is 0 Å². The van der Waals surface area contributed by atoms with Crippen LogP contribution in [0.25, 0.3) is 16.7 Å². The van der Waals surface area contributed by atoms with Gasteiger partial charge in [-0.2, -0.15) is 0 Å². The molecule has 4 rings (SSSR count). The first kappa shape index (κ1) is 26.3. The van der Waals surface area contributed by atoms with Gasteiger partial charge in [-0.1, -0.05) is 50.6 Å². The Morgan fingerprint density at radius 2 is 1.59 bits per heavy atom. The summed E-state index contributed by atoms with van der Waals surface area (Å²) in [4.78, 5) is 21.3. The summed E-state index contributed by atoms with van der Waals surface area (Å²) < 4.78 is 28.5. The SMILES string of the molecule is Cc1ccc(S(=O)(=O)N(CCc2ccc(-n3c(C(C)(C)C)nc4c(C)nc(C)cc43)cc2)C(=O)O)cc1. The zero-order valence-corrected chi connectivity index (χ0v) is 22.8. The van der Waals surface area contributed by atoms with Crippen molar-refractivity contribution in [1.82, 2.24) is 18.8 Å². The highest BCUT2D eigenvalue weighted by atomic mass is 32.2. The summed E-state index contributed by atoms with van der Waals surface area (Å²) >= 11 is 0. The van der Waals surface area contributed by atoms with Gasteiger partial charge in [0.2, 0.25) is 0 Å². The minimum atomic E-state index is -4.17. The smallest absolute Gasteiger partial charge is 0.421 e. The Labute approximate surface area is 217 Å². The molecule has 8 nitrogen and oxygen atoms in total. The highest BCUT2D eigenvalue weighted by Gasteiger charge is 2.29. The average molecular weight is 521 g/mol. The van der Waals surface area contributed by atoms with Crippen molar-refractivity contribution >= 4 is 27.1 Å². The molecule has 0 bridgehead atoms. The van der Waals surface area contributed by atoms with E-state index in [1.165, 1.54) is 12.1 Å². The number of sulfonamides is 1. The summed E-state index contributed by atoms with van der Waals surface area (Å²) in [5.41, 5.74) is 6.04. The third-order valence-corrected chi connectivity index (χ3v) is 8.02. The number of hydrogen-bond donors (Lipinski definition) is 1. The molecular formula is C28H32N4O4S. The number of benzene rings is 2. The van der Waals surface area contributed by atoms with E-state index in [4.69, 9.17) is 4.98 Å². The van der Waals surface area contributed by atoms with Crippen LogP contribution in [0.1, 0.15) is 49.1 Å². The molecule has 0 saturated carbocycles. The number of pyridine rings is 1. The van der Waals surface area contributed by atoms with Crippen LogP contribution in [-0.4, -0.2) is 45.0 Å². The van der Waals surface area contributed by atoms with E-state index < -0.39 is 16.1 Å². The van der Waals surface area contributed by atoms with E-state index in [0.29, 0.717) is 4.31 Å². The van der Waals surface area contributed by atoms with Gasteiger partial charge < -0.3 is 5.11 Å². The van der Waals surface area contributed by atoms with Crippen molar-refractivity contribution in [3.05, 3.63) is 82.9 Å². The van der Waals surface area contributed by atoms with E-state index in [2.05, 4.69) is 30.3 Å². The van der Waals surface area contributed by atoms with Crippen molar-refractivity contribution in [2.24, 2.45) is 0 Å². The fourth-order valence-electron chi connectivity index (χ4n) is 4.34. The molecule has 0 aliphatic carbocycles.